The fraction of sp³-hybridized carbons (Fsp3) is 0.769. The summed E-state index contributed by atoms with van der Waals surface area (Å²) in [6.07, 6.45) is 4.28. The number of hydrogen-bond acceptors (Lipinski definition) is 4. The molecule has 1 atom stereocenters. The van der Waals surface area contributed by atoms with Gasteiger partial charge in [-0.25, -0.2) is 4.98 Å². The quantitative estimate of drug-likeness (QED) is 0.876. The molecule has 4 heteroatoms. The fourth-order valence-corrected chi connectivity index (χ4v) is 3.24. The summed E-state index contributed by atoms with van der Waals surface area (Å²) in [5, 5.41) is 4.72. The molecule has 1 aromatic rings. The molecular weight excluding hydrogens is 232 g/mol. The Morgan fingerprint density at radius 3 is 2.94 bits per heavy atom. The summed E-state index contributed by atoms with van der Waals surface area (Å²) in [6.45, 7) is 9.28. The summed E-state index contributed by atoms with van der Waals surface area (Å²) in [6, 6.07) is 0.538. The van der Waals surface area contributed by atoms with Crippen LogP contribution in [0.2, 0.25) is 0 Å². The van der Waals surface area contributed by atoms with Crippen LogP contribution in [0.15, 0.2) is 6.20 Å². The third kappa shape index (κ3) is 3.50. The number of aryl methyl sites for hydroxylation is 1. The number of thiazole rings is 1. The molecule has 2 rings (SSSR count). The van der Waals surface area contributed by atoms with Crippen LogP contribution in [-0.4, -0.2) is 30.8 Å². The number of ether oxygens (including phenoxy) is 1. The number of aromatic nitrogens is 1. The van der Waals surface area contributed by atoms with E-state index in [1.165, 1.54) is 4.88 Å². The van der Waals surface area contributed by atoms with Crippen molar-refractivity contribution in [2.45, 2.75) is 39.7 Å². The molecule has 17 heavy (non-hydrogen) atoms. The highest BCUT2D eigenvalue weighted by Gasteiger charge is 2.35. The molecule has 1 N–H and O–H groups in total. The van der Waals surface area contributed by atoms with Gasteiger partial charge in [0.25, 0.3) is 0 Å². The van der Waals surface area contributed by atoms with E-state index in [1.807, 2.05) is 17.5 Å². The Morgan fingerprint density at radius 1 is 1.59 bits per heavy atom. The summed E-state index contributed by atoms with van der Waals surface area (Å²) in [7, 11) is 0. The van der Waals surface area contributed by atoms with Gasteiger partial charge in [-0.1, -0.05) is 13.8 Å². The third-order valence-electron chi connectivity index (χ3n) is 3.29. The van der Waals surface area contributed by atoms with Gasteiger partial charge < -0.3 is 10.1 Å². The van der Waals surface area contributed by atoms with Crippen LogP contribution in [0.3, 0.4) is 0 Å². The molecule has 0 radical (unpaired) electrons. The monoisotopic (exact) mass is 254 g/mol. The van der Waals surface area contributed by atoms with Gasteiger partial charge in [0.05, 0.1) is 11.6 Å². The van der Waals surface area contributed by atoms with E-state index in [0.717, 1.165) is 37.6 Å². The van der Waals surface area contributed by atoms with Gasteiger partial charge in [0.1, 0.15) is 0 Å². The second-order valence-corrected chi connectivity index (χ2v) is 6.68. The average molecular weight is 254 g/mol. The van der Waals surface area contributed by atoms with Gasteiger partial charge in [-0.3, -0.25) is 0 Å². The van der Waals surface area contributed by atoms with Crippen molar-refractivity contribution in [1.29, 1.82) is 0 Å². The van der Waals surface area contributed by atoms with Gasteiger partial charge in [0.15, 0.2) is 0 Å². The molecule has 1 saturated heterocycles. The number of rotatable bonds is 5. The van der Waals surface area contributed by atoms with Crippen molar-refractivity contribution in [3.05, 3.63) is 16.1 Å². The van der Waals surface area contributed by atoms with Gasteiger partial charge in [-0.2, -0.15) is 0 Å². The van der Waals surface area contributed by atoms with Crippen LogP contribution >= 0.6 is 11.3 Å². The van der Waals surface area contributed by atoms with E-state index >= 15 is 0 Å². The summed E-state index contributed by atoms with van der Waals surface area (Å²) < 4.78 is 5.62. The molecule has 2 heterocycles. The number of nitrogens with one attached hydrogen (secondary N) is 1. The smallest absolute Gasteiger partial charge is 0.0896 e. The maximum absolute atomic E-state index is 5.62. The highest BCUT2D eigenvalue weighted by atomic mass is 32.1. The molecule has 0 bridgehead atoms. The van der Waals surface area contributed by atoms with Gasteiger partial charge in [-0.05, 0) is 19.8 Å². The largest absolute Gasteiger partial charge is 0.381 e. The first-order chi connectivity index (χ1) is 8.10. The van der Waals surface area contributed by atoms with Crippen LogP contribution < -0.4 is 5.32 Å². The maximum Gasteiger partial charge on any atom is 0.0896 e. The molecule has 1 aromatic heterocycles. The highest BCUT2D eigenvalue weighted by molar-refractivity contribution is 7.11. The minimum atomic E-state index is 0.281. The van der Waals surface area contributed by atoms with Crippen LogP contribution in [0.4, 0.5) is 0 Å². The Labute approximate surface area is 108 Å². The van der Waals surface area contributed by atoms with E-state index in [-0.39, 0.29) is 5.41 Å². The normalized spacial score (nSPS) is 24.7. The molecule has 0 spiro atoms. The first kappa shape index (κ1) is 13.0. The summed E-state index contributed by atoms with van der Waals surface area (Å²) in [4.78, 5) is 5.73. The van der Waals surface area contributed by atoms with Gasteiger partial charge in [0.2, 0.25) is 0 Å². The second kappa shape index (κ2) is 5.46. The number of nitrogens with zero attached hydrogens (tertiary/aromatic N) is 1. The van der Waals surface area contributed by atoms with Crippen molar-refractivity contribution in [2.75, 3.05) is 19.8 Å². The molecule has 3 nitrogen and oxygen atoms in total. The molecule has 1 aliphatic rings. The van der Waals surface area contributed by atoms with E-state index in [4.69, 9.17) is 4.74 Å². The first-order valence-corrected chi connectivity index (χ1v) is 7.14. The van der Waals surface area contributed by atoms with Crippen molar-refractivity contribution in [2.24, 2.45) is 5.41 Å². The Morgan fingerprint density at radius 2 is 2.41 bits per heavy atom. The molecule has 1 aliphatic heterocycles. The average Bonchev–Trinajstić information content (AvgIpc) is 2.87. The predicted octanol–water partition coefficient (Wildman–Crippen LogP) is 2.40. The molecule has 1 fully saturated rings. The lowest BCUT2D eigenvalue weighted by Gasteiger charge is -2.28. The number of hydrogen-bond donors (Lipinski definition) is 1. The molecular formula is C13H22N2OS. The standard InChI is InChI=1S/C13H22N2OS/c1-10(2)15-8-13(4-5-16-9-13)6-12-7-14-11(3)17-12/h7,10,15H,4-6,8-9H2,1-3H3. The van der Waals surface area contributed by atoms with Gasteiger partial charge in [0, 0.05) is 35.7 Å². The SMILES string of the molecule is Cc1ncc(CC2(CNC(C)C)CCOC2)s1. The summed E-state index contributed by atoms with van der Waals surface area (Å²) >= 11 is 1.81. The zero-order valence-corrected chi connectivity index (χ0v) is 11.8. The first-order valence-electron chi connectivity index (χ1n) is 6.32. The Balaban J connectivity index is 2.01. The Bertz CT molecular complexity index is 356. The Hall–Kier alpha value is -0.450. The van der Waals surface area contributed by atoms with Crippen LogP contribution in [-0.2, 0) is 11.2 Å². The maximum atomic E-state index is 5.62. The van der Waals surface area contributed by atoms with Crippen molar-refractivity contribution in [3.63, 3.8) is 0 Å². The van der Waals surface area contributed by atoms with E-state index in [9.17, 15) is 0 Å². The summed E-state index contributed by atoms with van der Waals surface area (Å²) in [5.41, 5.74) is 0.281. The Kier molecular flexibility index (Phi) is 4.17. The van der Waals surface area contributed by atoms with Gasteiger partial charge in [-0.15, -0.1) is 11.3 Å². The lowest BCUT2D eigenvalue weighted by molar-refractivity contribution is 0.148. The van der Waals surface area contributed by atoms with Crippen LogP contribution in [0.5, 0.6) is 0 Å². The van der Waals surface area contributed by atoms with E-state index in [0.29, 0.717) is 6.04 Å². The highest BCUT2D eigenvalue weighted by Crippen LogP contribution is 2.33. The van der Waals surface area contributed by atoms with Crippen molar-refractivity contribution in [1.82, 2.24) is 10.3 Å². The van der Waals surface area contributed by atoms with Crippen LogP contribution in [0, 0.1) is 12.3 Å². The molecule has 0 aliphatic carbocycles. The van der Waals surface area contributed by atoms with E-state index in [1.54, 1.807) is 0 Å². The fourth-order valence-electron chi connectivity index (χ4n) is 2.27. The summed E-state index contributed by atoms with van der Waals surface area (Å²) in [5.74, 6) is 0. The van der Waals surface area contributed by atoms with Gasteiger partial charge >= 0.3 is 0 Å². The van der Waals surface area contributed by atoms with Crippen molar-refractivity contribution >= 4 is 11.3 Å². The second-order valence-electron chi connectivity index (χ2n) is 5.36. The molecule has 0 amide bonds. The van der Waals surface area contributed by atoms with Crippen molar-refractivity contribution in [3.8, 4) is 0 Å². The van der Waals surface area contributed by atoms with E-state index < -0.39 is 0 Å². The molecule has 0 saturated carbocycles. The zero-order valence-electron chi connectivity index (χ0n) is 11.0. The topological polar surface area (TPSA) is 34.2 Å². The molecule has 1 unspecified atom stereocenters. The molecule has 0 aromatic carbocycles. The minimum absolute atomic E-state index is 0.281. The van der Waals surface area contributed by atoms with E-state index in [2.05, 4.69) is 31.1 Å². The lowest BCUT2D eigenvalue weighted by Crippen LogP contribution is -2.39. The minimum Gasteiger partial charge on any atom is -0.381 e. The van der Waals surface area contributed by atoms with Crippen LogP contribution in [0.25, 0.3) is 0 Å². The predicted molar refractivity (Wildman–Crippen MR) is 71.6 cm³/mol. The zero-order chi connectivity index (χ0) is 12.3. The third-order valence-corrected chi connectivity index (χ3v) is 4.20. The van der Waals surface area contributed by atoms with Crippen molar-refractivity contribution < 1.29 is 4.74 Å². The molecule has 96 valence electrons. The van der Waals surface area contributed by atoms with Crippen LogP contribution in [0.1, 0.15) is 30.2 Å². The lowest BCUT2D eigenvalue weighted by atomic mass is 9.83.